The van der Waals surface area contributed by atoms with Gasteiger partial charge in [-0.3, -0.25) is 0 Å². The highest BCUT2D eigenvalue weighted by molar-refractivity contribution is 5.31. The molecule has 4 heterocycles. The molecule has 2 aromatic rings. The molecule has 0 saturated carbocycles. The van der Waals surface area contributed by atoms with Crippen molar-refractivity contribution in [3.63, 3.8) is 0 Å². The van der Waals surface area contributed by atoms with Crippen LogP contribution in [0.2, 0.25) is 0 Å². The number of aromatic nitrogens is 3. The molecule has 2 atom stereocenters. The lowest BCUT2D eigenvalue weighted by molar-refractivity contribution is -0.00851. The molecule has 0 radical (unpaired) electrons. The van der Waals surface area contributed by atoms with Gasteiger partial charge in [-0.1, -0.05) is 6.07 Å². The first-order valence-electron chi connectivity index (χ1n) is 8.07. The molecular weight excluding hydrogens is 292 g/mol. The Labute approximate surface area is 135 Å². The summed E-state index contributed by atoms with van der Waals surface area (Å²) >= 11 is 0. The second-order valence-electron chi connectivity index (χ2n) is 6.18. The monoisotopic (exact) mass is 312 g/mol. The van der Waals surface area contributed by atoms with Crippen molar-refractivity contribution < 1.29 is 9.47 Å². The number of nitrogens with zero attached hydrogens (tertiary/aromatic N) is 4. The van der Waals surface area contributed by atoms with Crippen LogP contribution in [0.3, 0.4) is 0 Å². The first-order valence-corrected chi connectivity index (χ1v) is 8.07. The first-order chi connectivity index (χ1) is 11.3. The van der Waals surface area contributed by atoms with Gasteiger partial charge in [-0.15, -0.1) is 0 Å². The fourth-order valence-corrected chi connectivity index (χ4v) is 3.47. The molecule has 0 amide bonds. The lowest BCUT2D eigenvalue weighted by atomic mass is 9.89. The molecule has 2 saturated heterocycles. The van der Waals surface area contributed by atoms with Gasteiger partial charge in [-0.2, -0.15) is 0 Å². The maximum atomic E-state index is 6.17. The van der Waals surface area contributed by atoms with Gasteiger partial charge in [0.15, 0.2) is 0 Å². The van der Waals surface area contributed by atoms with E-state index in [0.717, 1.165) is 38.3 Å². The van der Waals surface area contributed by atoms with Crippen LogP contribution in [0, 0.1) is 0 Å². The first kappa shape index (κ1) is 14.4. The van der Waals surface area contributed by atoms with Crippen molar-refractivity contribution in [1.29, 1.82) is 0 Å². The van der Waals surface area contributed by atoms with E-state index in [1.54, 1.807) is 18.6 Å². The minimum absolute atomic E-state index is 0.0570. The average molecular weight is 312 g/mol. The van der Waals surface area contributed by atoms with Crippen LogP contribution in [-0.4, -0.2) is 46.4 Å². The van der Waals surface area contributed by atoms with Gasteiger partial charge in [0, 0.05) is 44.2 Å². The minimum Gasteiger partial charge on any atom is -0.472 e. The van der Waals surface area contributed by atoms with Crippen LogP contribution in [0.25, 0.3) is 0 Å². The lowest BCUT2D eigenvalue weighted by Crippen LogP contribution is -2.48. The van der Waals surface area contributed by atoms with Crippen LogP contribution in [0.5, 0.6) is 5.88 Å². The maximum Gasteiger partial charge on any atom is 0.225 e. The fourth-order valence-electron chi connectivity index (χ4n) is 3.47. The standard InChI is InChI=1S/C17H20N4O2/c1-2-7-18-15(5-1)23-14-11-17(22-12-14)6-3-10-21(13-17)16-19-8-4-9-20-16/h1-2,4-5,7-9,14H,3,6,10-13H2/t14-,17+/m1/s1. The summed E-state index contributed by atoms with van der Waals surface area (Å²) in [6.45, 7) is 2.40. The molecule has 6 heteroatoms. The van der Waals surface area contributed by atoms with E-state index in [1.807, 2.05) is 24.3 Å². The van der Waals surface area contributed by atoms with E-state index in [1.165, 1.54) is 0 Å². The zero-order valence-electron chi connectivity index (χ0n) is 13.0. The molecule has 2 aromatic heterocycles. The molecule has 0 unspecified atom stereocenters. The normalized spacial score (nSPS) is 27.3. The quantitative estimate of drug-likeness (QED) is 0.865. The molecule has 0 aromatic carbocycles. The Kier molecular flexibility index (Phi) is 3.83. The van der Waals surface area contributed by atoms with Gasteiger partial charge in [-0.25, -0.2) is 15.0 Å². The smallest absolute Gasteiger partial charge is 0.225 e. The van der Waals surface area contributed by atoms with Crippen LogP contribution in [0.15, 0.2) is 42.9 Å². The summed E-state index contributed by atoms with van der Waals surface area (Å²) in [5.74, 6) is 1.45. The zero-order chi connectivity index (χ0) is 15.5. The summed E-state index contributed by atoms with van der Waals surface area (Å²) in [5, 5.41) is 0. The number of rotatable bonds is 3. The summed E-state index contributed by atoms with van der Waals surface area (Å²) in [4.78, 5) is 15.2. The average Bonchev–Trinajstić information content (AvgIpc) is 2.98. The third kappa shape index (κ3) is 3.12. The molecule has 2 aliphatic heterocycles. The van der Waals surface area contributed by atoms with Crippen LogP contribution in [0.4, 0.5) is 5.95 Å². The third-order valence-electron chi connectivity index (χ3n) is 4.47. The van der Waals surface area contributed by atoms with Crippen molar-refractivity contribution in [2.45, 2.75) is 31.0 Å². The molecule has 4 rings (SSSR count). The number of piperidine rings is 1. The second-order valence-corrected chi connectivity index (χ2v) is 6.18. The number of ether oxygens (including phenoxy) is 2. The van der Waals surface area contributed by atoms with Crippen LogP contribution < -0.4 is 9.64 Å². The summed E-state index contributed by atoms with van der Waals surface area (Å²) in [6.07, 6.45) is 8.38. The number of hydrogen-bond acceptors (Lipinski definition) is 6. The van der Waals surface area contributed by atoms with Crippen molar-refractivity contribution in [2.24, 2.45) is 0 Å². The Balaban J connectivity index is 1.43. The number of pyridine rings is 1. The van der Waals surface area contributed by atoms with Gasteiger partial charge in [-0.05, 0) is 25.0 Å². The minimum atomic E-state index is -0.156. The molecule has 120 valence electrons. The van der Waals surface area contributed by atoms with Gasteiger partial charge in [0.05, 0.1) is 12.2 Å². The Morgan fingerprint density at radius 1 is 1.13 bits per heavy atom. The van der Waals surface area contributed by atoms with Gasteiger partial charge < -0.3 is 14.4 Å². The zero-order valence-corrected chi connectivity index (χ0v) is 13.0. The topological polar surface area (TPSA) is 60.4 Å². The van der Waals surface area contributed by atoms with E-state index in [9.17, 15) is 0 Å². The highest BCUT2D eigenvalue weighted by Crippen LogP contribution is 2.36. The molecule has 23 heavy (non-hydrogen) atoms. The van der Waals surface area contributed by atoms with Crippen LogP contribution >= 0.6 is 0 Å². The van der Waals surface area contributed by atoms with Crippen LogP contribution in [0.1, 0.15) is 19.3 Å². The van der Waals surface area contributed by atoms with E-state index in [0.29, 0.717) is 12.5 Å². The Morgan fingerprint density at radius 3 is 2.83 bits per heavy atom. The van der Waals surface area contributed by atoms with Crippen molar-refractivity contribution in [2.75, 3.05) is 24.6 Å². The molecule has 0 bridgehead atoms. The summed E-state index contributed by atoms with van der Waals surface area (Å²) < 4.78 is 12.1. The number of hydrogen-bond donors (Lipinski definition) is 0. The largest absolute Gasteiger partial charge is 0.472 e. The van der Waals surface area contributed by atoms with E-state index in [4.69, 9.17) is 9.47 Å². The van der Waals surface area contributed by atoms with Crippen molar-refractivity contribution in [3.8, 4) is 5.88 Å². The van der Waals surface area contributed by atoms with Crippen LogP contribution in [-0.2, 0) is 4.74 Å². The summed E-state index contributed by atoms with van der Waals surface area (Å²) in [6, 6.07) is 7.54. The lowest BCUT2D eigenvalue weighted by Gasteiger charge is -2.39. The molecule has 6 nitrogen and oxygen atoms in total. The molecule has 2 fully saturated rings. The molecule has 0 aliphatic carbocycles. The summed E-state index contributed by atoms with van der Waals surface area (Å²) in [5.41, 5.74) is -0.156. The van der Waals surface area contributed by atoms with E-state index >= 15 is 0 Å². The maximum absolute atomic E-state index is 6.17. The Morgan fingerprint density at radius 2 is 2.00 bits per heavy atom. The van der Waals surface area contributed by atoms with E-state index in [2.05, 4.69) is 19.9 Å². The third-order valence-corrected chi connectivity index (χ3v) is 4.47. The molecular formula is C17H20N4O2. The fraction of sp³-hybridized carbons (Fsp3) is 0.471. The SMILES string of the molecule is c1ccc(O[C@H]2CO[C@@]3(CCCN(c4ncccn4)C3)C2)nc1. The van der Waals surface area contributed by atoms with Gasteiger partial charge >= 0.3 is 0 Å². The van der Waals surface area contributed by atoms with Crippen molar-refractivity contribution in [1.82, 2.24) is 15.0 Å². The van der Waals surface area contributed by atoms with E-state index in [-0.39, 0.29) is 11.7 Å². The van der Waals surface area contributed by atoms with Gasteiger partial charge in [0.2, 0.25) is 11.8 Å². The van der Waals surface area contributed by atoms with Crippen molar-refractivity contribution in [3.05, 3.63) is 42.9 Å². The number of anilines is 1. The molecule has 2 aliphatic rings. The second kappa shape index (κ2) is 6.12. The predicted octanol–water partition coefficient (Wildman–Crippen LogP) is 2.08. The van der Waals surface area contributed by atoms with Gasteiger partial charge in [0.25, 0.3) is 0 Å². The highest BCUT2D eigenvalue weighted by atomic mass is 16.6. The molecule has 0 N–H and O–H groups in total. The Hall–Kier alpha value is -2.21. The molecule has 1 spiro atoms. The van der Waals surface area contributed by atoms with E-state index < -0.39 is 0 Å². The Bertz CT molecular complexity index is 640. The van der Waals surface area contributed by atoms with Gasteiger partial charge in [0.1, 0.15) is 6.10 Å². The van der Waals surface area contributed by atoms with Crippen molar-refractivity contribution >= 4 is 5.95 Å². The summed E-state index contributed by atoms with van der Waals surface area (Å²) in [7, 11) is 0. The predicted molar refractivity (Wildman–Crippen MR) is 85.4 cm³/mol. The highest BCUT2D eigenvalue weighted by Gasteiger charge is 2.45.